The van der Waals surface area contributed by atoms with Crippen LogP contribution in [0, 0.1) is 40.4 Å². The molecule has 4 fully saturated rings. The Kier molecular flexibility index (Phi) is 3.34. The summed E-state index contributed by atoms with van der Waals surface area (Å²) >= 11 is 0. The number of alkyl halides is 2. The van der Waals surface area contributed by atoms with Crippen LogP contribution in [0.1, 0.15) is 72.1 Å². The lowest BCUT2D eigenvalue weighted by molar-refractivity contribution is -0.145. The zero-order valence-corrected chi connectivity index (χ0v) is 14.7. The van der Waals surface area contributed by atoms with Crippen LogP contribution in [0.25, 0.3) is 0 Å². The van der Waals surface area contributed by atoms with Gasteiger partial charge >= 0.3 is 0 Å². The van der Waals surface area contributed by atoms with Gasteiger partial charge in [0.05, 0.1) is 0 Å². The van der Waals surface area contributed by atoms with Gasteiger partial charge in [0.2, 0.25) is 5.92 Å². The van der Waals surface area contributed by atoms with Gasteiger partial charge in [-0.3, -0.25) is 4.79 Å². The number of carbonyl (C=O) groups is 1. The van der Waals surface area contributed by atoms with Crippen molar-refractivity contribution in [1.29, 1.82) is 0 Å². The van der Waals surface area contributed by atoms with Gasteiger partial charge in [0, 0.05) is 25.2 Å². The van der Waals surface area contributed by atoms with Crippen molar-refractivity contribution in [2.24, 2.45) is 40.4 Å². The maximum absolute atomic E-state index is 14.1. The predicted molar refractivity (Wildman–Crippen MR) is 86.2 cm³/mol. The van der Waals surface area contributed by atoms with Gasteiger partial charge < -0.3 is 0 Å². The van der Waals surface area contributed by atoms with E-state index in [-0.39, 0.29) is 35.5 Å². The first-order valence-corrected chi connectivity index (χ1v) is 9.55. The van der Waals surface area contributed by atoms with Gasteiger partial charge in [0.25, 0.3) is 0 Å². The molecule has 23 heavy (non-hydrogen) atoms. The minimum absolute atomic E-state index is 0.0751. The van der Waals surface area contributed by atoms with E-state index in [0.717, 1.165) is 32.1 Å². The summed E-state index contributed by atoms with van der Waals surface area (Å²) in [4.78, 5) is 12.4. The minimum atomic E-state index is -2.47. The second kappa shape index (κ2) is 4.79. The normalized spacial score (nSPS) is 55.0. The number of fused-ring (bicyclic) bond motifs is 5. The van der Waals surface area contributed by atoms with Crippen LogP contribution < -0.4 is 0 Å². The van der Waals surface area contributed by atoms with Crippen LogP contribution in [-0.4, -0.2) is 11.7 Å². The summed E-state index contributed by atoms with van der Waals surface area (Å²) in [5.74, 6) is -0.146. The molecule has 2 unspecified atom stereocenters. The molecule has 0 heterocycles. The molecule has 0 aliphatic heterocycles. The SMILES string of the molecule is CC1CC2CC[C@@H]3[C@@H](CC[C@]4(C)CC(F)(F)C[C@@H]34)[C@@]2(C)CC1=O. The standard InChI is InChI=1S/C20H30F2O/c1-12-8-13-4-5-14-15(19(13,3)10-17(12)23)6-7-18(2)11-20(21,22)9-16(14)18/h12-16H,4-11H2,1-3H3/t12?,13?,14-,15-,16+,18-,19+/m1/s1. The molecular weight excluding hydrogens is 294 g/mol. The lowest BCUT2D eigenvalue weighted by atomic mass is 9.44. The number of hydrogen-bond donors (Lipinski definition) is 0. The van der Waals surface area contributed by atoms with Crippen LogP contribution in [0.2, 0.25) is 0 Å². The summed E-state index contributed by atoms with van der Waals surface area (Å²) in [6.45, 7) is 6.49. The van der Waals surface area contributed by atoms with Crippen LogP contribution in [0.5, 0.6) is 0 Å². The topological polar surface area (TPSA) is 17.1 Å². The minimum Gasteiger partial charge on any atom is -0.299 e. The molecule has 0 N–H and O–H groups in total. The average Bonchev–Trinajstić information content (AvgIpc) is 2.69. The number of Topliss-reactive ketones (excluding diaryl/α,β-unsaturated/α-hetero) is 1. The zero-order valence-electron chi connectivity index (χ0n) is 14.7. The lowest BCUT2D eigenvalue weighted by Crippen LogP contribution is -2.54. The van der Waals surface area contributed by atoms with Crippen molar-refractivity contribution in [3.63, 3.8) is 0 Å². The van der Waals surface area contributed by atoms with Crippen LogP contribution in [0.3, 0.4) is 0 Å². The molecule has 0 aromatic heterocycles. The van der Waals surface area contributed by atoms with Crippen LogP contribution in [0.15, 0.2) is 0 Å². The zero-order chi connectivity index (χ0) is 16.6. The fourth-order valence-corrected chi connectivity index (χ4v) is 7.30. The first kappa shape index (κ1) is 16.0. The van der Waals surface area contributed by atoms with Gasteiger partial charge in [-0.15, -0.1) is 0 Å². The van der Waals surface area contributed by atoms with Crippen LogP contribution in [-0.2, 0) is 4.79 Å². The Morgan fingerprint density at radius 2 is 1.83 bits per heavy atom. The summed E-state index contributed by atoms with van der Waals surface area (Å²) < 4.78 is 28.3. The highest BCUT2D eigenvalue weighted by Crippen LogP contribution is 2.68. The van der Waals surface area contributed by atoms with E-state index in [1.54, 1.807) is 0 Å². The van der Waals surface area contributed by atoms with Crippen LogP contribution >= 0.6 is 0 Å². The molecule has 0 amide bonds. The van der Waals surface area contributed by atoms with Crippen molar-refractivity contribution in [2.45, 2.75) is 78.1 Å². The Hall–Kier alpha value is -0.470. The Balaban J connectivity index is 1.65. The monoisotopic (exact) mass is 324 g/mol. The first-order chi connectivity index (χ1) is 10.6. The molecule has 3 heteroatoms. The van der Waals surface area contributed by atoms with Gasteiger partial charge in [0.15, 0.2) is 0 Å². The van der Waals surface area contributed by atoms with E-state index in [1.165, 1.54) is 0 Å². The summed E-state index contributed by atoms with van der Waals surface area (Å²) in [6.07, 6.45) is 6.15. The maximum Gasteiger partial charge on any atom is 0.249 e. The molecule has 0 bridgehead atoms. The fourth-order valence-electron chi connectivity index (χ4n) is 7.30. The third-order valence-corrected chi connectivity index (χ3v) is 8.51. The van der Waals surface area contributed by atoms with Gasteiger partial charge in [-0.1, -0.05) is 20.8 Å². The van der Waals surface area contributed by atoms with E-state index in [1.807, 2.05) is 0 Å². The molecule has 4 aliphatic rings. The van der Waals surface area contributed by atoms with E-state index in [0.29, 0.717) is 30.0 Å². The lowest BCUT2D eigenvalue weighted by Gasteiger charge is -2.60. The van der Waals surface area contributed by atoms with E-state index in [4.69, 9.17) is 0 Å². The molecule has 0 saturated heterocycles. The molecule has 1 nitrogen and oxygen atoms in total. The average molecular weight is 324 g/mol. The van der Waals surface area contributed by atoms with Crippen molar-refractivity contribution < 1.29 is 13.6 Å². The summed E-state index contributed by atoms with van der Waals surface area (Å²) in [7, 11) is 0. The number of hydrogen-bond acceptors (Lipinski definition) is 1. The van der Waals surface area contributed by atoms with E-state index < -0.39 is 5.92 Å². The second-order valence-electron chi connectivity index (χ2n) is 9.87. The summed E-state index contributed by atoms with van der Waals surface area (Å²) in [5, 5.41) is 0. The van der Waals surface area contributed by atoms with Crippen molar-refractivity contribution in [1.82, 2.24) is 0 Å². The smallest absolute Gasteiger partial charge is 0.249 e. The number of halogens is 2. The largest absolute Gasteiger partial charge is 0.299 e. The van der Waals surface area contributed by atoms with E-state index in [2.05, 4.69) is 20.8 Å². The van der Waals surface area contributed by atoms with Crippen LogP contribution in [0.4, 0.5) is 8.78 Å². The van der Waals surface area contributed by atoms with Crippen molar-refractivity contribution in [3.8, 4) is 0 Å². The van der Waals surface area contributed by atoms with Gasteiger partial charge in [-0.25, -0.2) is 8.78 Å². The quantitative estimate of drug-likeness (QED) is 0.576. The van der Waals surface area contributed by atoms with E-state index >= 15 is 0 Å². The van der Waals surface area contributed by atoms with Crippen molar-refractivity contribution >= 4 is 5.78 Å². The maximum atomic E-state index is 14.1. The molecule has 0 aromatic carbocycles. The predicted octanol–water partition coefficient (Wildman–Crippen LogP) is 5.48. The number of rotatable bonds is 0. The van der Waals surface area contributed by atoms with Crippen molar-refractivity contribution in [3.05, 3.63) is 0 Å². The third-order valence-electron chi connectivity index (χ3n) is 8.51. The summed E-state index contributed by atoms with van der Waals surface area (Å²) in [5.41, 5.74) is -0.0917. The van der Waals surface area contributed by atoms with Crippen molar-refractivity contribution in [2.75, 3.05) is 0 Å². The van der Waals surface area contributed by atoms with Gasteiger partial charge in [-0.05, 0) is 66.6 Å². The third kappa shape index (κ3) is 2.24. The number of carbonyl (C=O) groups excluding carboxylic acids is 1. The first-order valence-electron chi connectivity index (χ1n) is 9.55. The molecule has 4 aliphatic carbocycles. The molecule has 0 aromatic rings. The highest BCUT2D eigenvalue weighted by atomic mass is 19.3. The molecular formula is C20H30F2O. The molecule has 0 spiro atoms. The second-order valence-corrected chi connectivity index (χ2v) is 9.87. The number of ketones is 1. The molecule has 4 saturated carbocycles. The van der Waals surface area contributed by atoms with Gasteiger partial charge in [-0.2, -0.15) is 0 Å². The Morgan fingerprint density at radius 1 is 1.09 bits per heavy atom. The Labute approximate surface area is 138 Å². The highest BCUT2D eigenvalue weighted by Gasteiger charge is 2.63. The van der Waals surface area contributed by atoms with Gasteiger partial charge in [0.1, 0.15) is 5.78 Å². The van der Waals surface area contributed by atoms with E-state index in [9.17, 15) is 13.6 Å². The molecule has 0 radical (unpaired) electrons. The Bertz CT molecular complexity index is 530. The highest BCUT2D eigenvalue weighted by molar-refractivity contribution is 5.82. The summed E-state index contributed by atoms with van der Waals surface area (Å²) in [6, 6.07) is 0. The molecule has 7 atom stereocenters. The molecule has 4 rings (SSSR count). The fraction of sp³-hybridized carbons (Fsp3) is 0.950. The Morgan fingerprint density at radius 3 is 2.57 bits per heavy atom. The molecule has 130 valence electrons.